The van der Waals surface area contributed by atoms with Crippen molar-refractivity contribution in [1.29, 1.82) is 5.26 Å². The first-order valence-electron chi connectivity index (χ1n) is 6.55. The van der Waals surface area contributed by atoms with Crippen LogP contribution in [0.3, 0.4) is 0 Å². The Morgan fingerprint density at radius 1 is 1.27 bits per heavy atom. The number of rotatable bonds is 5. The quantitative estimate of drug-likeness (QED) is 0.380. The van der Waals surface area contributed by atoms with Crippen LogP contribution in [0.25, 0.3) is 11.6 Å². The Kier molecular flexibility index (Phi) is 5.83. The van der Waals surface area contributed by atoms with Crippen LogP contribution < -0.4 is 4.74 Å². The summed E-state index contributed by atoms with van der Waals surface area (Å²) in [4.78, 5) is 0. The van der Waals surface area contributed by atoms with Crippen molar-refractivity contribution < 1.29 is 4.74 Å². The fourth-order valence-corrected chi connectivity index (χ4v) is 2.38. The third-order valence-electron chi connectivity index (χ3n) is 2.90. The van der Waals surface area contributed by atoms with Crippen LogP contribution in [0.5, 0.6) is 5.75 Å². The van der Waals surface area contributed by atoms with Crippen LogP contribution in [0.4, 0.5) is 0 Å². The zero-order valence-electron chi connectivity index (χ0n) is 11.7. The summed E-state index contributed by atoms with van der Waals surface area (Å²) in [6.07, 6.45) is 3.48. The van der Waals surface area contributed by atoms with E-state index in [1.54, 1.807) is 24.3 Å². The second-order valence-electron chi connectivity index (χ2n) is 4.46. The molecule has 0 aromatic heterocycles. The summed E-state index contributed by atoms with van der Waals surface area (Å²) in [6.45, 7) is 4.05. The van der Waals surface area contributed by atoms with E-state index in [9.17, 15) is 5.26 Å². The topological polar surface area (TPSA) is 33.0 Å². The molecule has 4 heteroatoms. The highest BCUT2D eigenvalue weighted by Gasteiger charge is 2.06. The number of allylic oxidation sites excluding steroid dienone is 1. The fourth-order valence-electron chi connectivity index (χ4n) is 1.88. The summed E-state index contributed by atoms with van der Waals surface area (Å²) in [7, 11) is 0. The Bertz CT molecular complexity index is 745. The standard InChI is InChI=1S/C18H13BrClNO/c1-2-9-22-18-8-5-16(19)11-14(18)10-15(12-21)13-3-6-17(20)7-4-13/h2-8,10-11H,1,9H2/b15-10-. The maximum Gasteiger partial charge on any atom is 0.127 e. The molecule has 0 heterocycles. The molecule has 0 aliphatic rings. The van der Waals surface area contributed by atoms with Gasteiger partial charge in [0.15, 0.2) is 0 Å². The lowest BCUT2D eigenvalue weighted by Gasteiger charge is -2.09. The van der Waals surface area contributed by atoms with Gasteiger partial charge in [-0.15, -0.1) is 0 Å². The van der Waals surface area contributed by atoms with Gasteiger partial charge in [0.25, 0.3) is 0 Å². The molecule has 0 fully saturated rings. The highest BCUT2D eigenvalue weighted by molar-refractivity contribution is 9.10. The molecular weight excluding hydrogens is 362 g/mol. The molecule has 0 amide bonds. The maximum atomic E-state index is 9.43. The van der Waals surface area contributed by atoms with Crippen LogP contribution in [0.2, 0.25) is 5.02 Å². The van der Waals surface area contributed by atoms with E-state index in [0.29, 0.717) is 23.0 Å². The molecule has 0 unspecified atom stereocenters. The zero-order valence-corrected chi connectivity index (χ0v) is 14.1. The Labute approximate surface area is 143 Å². The first-order chi connectivity index (χ1) is 10.6. The number of hydrogen-bond acceptors (Lipinski definition) is 2. The van der Waals surface area contributed by atoms with Crippen molar-refractivity contribution in [3.05, 3.63) is 75.7 Å². The zero-order chi connectivity index (χ0) is 15.9. The fraction of sp³-hybridized carbons (Fsp3) is 0.0556. The van der Waals surface area contributed by atoms with Gasteiger partial charge >= 0.3 is 0 Å². The molecular formula is C18H13BrClNO. The third-order valence-corrected chi connectivity index (χ3v) is 3.65. The maximum absolute atomic E-state index is 9.43. The normalized spacial score (nSPS) is 10.9. The molecule has 0 aliphatic carbocycles. The molecule has 2 aromatic carbocycles. The number of nitriles is 1. The van der Waals surface area contributed by atoms with Gasteiger partial charge in [-0.3, -0.25) is 0 Å². The Morgan fingerprint density at radius 3 is 2.64 bits per heavy atom. The van der Waals surface area contributed by atoms with Crippen LogP contribution in [0.15, 0.2) is 59.6 Å². The lowest BCUT2D eigenvalue weighted by atomic mass is 10.0. The molecule has 2 aromatic rings. The van der Waals surface area contributed by atoms with Crippen molar-refractivity contribution in [2.75, 3.05) is 6.61 Å². The van der Waals surface area contributed by atoms with E-state index in [1.165, 1.54) is 0 Å². The highest BCUT2D eigenvalue weighted by atomic mass is 79.9. The van der Waals surface area contributed by atoms with Crippen molar-refractivity contribution >= 4 is 39.2 Å². The first-order valence-corrected chi connectivity index (χ1v) is 7.72. The Balaban J connectivity index is 2.44. The SMILES string of the molecule is C=CCOc1ccc(Br)cc1/C=C(/C#N)c1ccc(Cl)cc1. The second kappa shape index (κ2) is 7.84. The molecule has 0 radical (unpaired) electrons. The summed E-state index contributed by atoms with van der Waals surface area (Å²) < 4.78 is 6.54. The number of halogens is 2. The minimum absolute atomic E-state index is 0.408. The summed E-state index contributed by atoms with van der Waals surface area (Å²) in [5, 5.41) is 10.1. The first kappa shape index (κ1) is 16.4. The molecule has 22 heavy (non-hydrogen) atoms. The largest absolute Gasteiger partial charge is 0.489 e. The number of hydrogen-bond donors (Lipinski definition) is 0. The number of benzene rings is 2. The van der Waals surface area contributed by atoms with Gasteiger partial charge in [0, 0.05) is 15.1 Å². The predicted molar refractivity (Wildman–Crippen MR) is 94.8 cm³/mol. The van der Waals surface area contributed by atoms with Crippen molar-refractivity contribution in [3.8, 4) is 11.8 Å². The van der Waals surface area contributed by atoms with E-state index in [-0.39, 0.29) is 0 Å². The minimum Gasteiger partial charge on any atom is -0.489 e. The van der Waals surface area contributed by atoms with E-state index < -0.39 is 0 Å². The minimum atomic E-state index is 0.408. The van der Waals surface area contributed by atoms with Gasteiger partial charge in [0.05, 0.1) is 11.6 Å². The van der Waals surface area contributed by atoms with Crippen LogP contribution in [0.1, 0.15) is 11.1 Å². The van der Waals surface area contributed by atoms with Crippen LogP contribution >= 0.6 is 27.5 Å². The molecule has 2 nitrogen and oxygen atoms in total. The lowest BCUT2D eigenvalue weighted by molar-refractivity contribution is 0.362. The lowest BCUT2D eigenvalue weighted by Crippen LogP contribution is -1.95. The smallest absolute Gasteiger partial charge is 0.127 e. The Hall–Kier alpha value is -2.02. The molecule has 0 spiro atoms. The van der Waals surface area contributed by atoms with E-state index in [4.69, 9.17) is 16.3 Å². The van der Waals surface area contributed by atoms with Gasteiger partial charge in [-0.25, -0.2) is 0 Å². The average molecular weight is 375 g/mol. The van der Waals surface area contributed by atoms with Crippen molar-refractivity contribution in [1.82, 2.24) is 0 Å². The highest BCUT2D eigenvalue weighted by Crippen LogP contribution is 2.28. The van der Waals surface area contributed by atoms with Crippen LogP contribution in [-0.2, 0) is 0 Å². The van der Waals surface area contributed by atoms with Crippen molar-refractivity contribution in [2.45, 2.75) is 0 Å². The predicted octanol–water partition coefficient (Wildman–Crippen LogP) is 5.73. The van der Waals surface area contributed by atoms with Gasteiger partial charge in [-0.05, 0) is 42.0 Å². The van der Waals surface area contributed by atoms with E-state index in [2.05, 4.69) is 28.6 Å². The molecule has 0 atom stereocenters. The summed E-state index contributed by atoms with van der Waals surface area (Å²) in [5.74, 6) is 0.699. The average Bonchev–Trinajstić information content (AvgIpc) is 2.53. The van der Waals surface area contributed by atoms with Crippen molar-refractivity contribution in [3.63, 3.8) is 0 Å². The molecule has 0 N–H and O–H groups in total. The molecule has 2 rings (SSSR count). The number of ether oxygens (including phenoxy) is 1. The monoisotopic (exact) mass is 373 g/mol. The van der Waals surface area contributed by atoms with Gasteiger partial charge in [-0.1, -0.05) is 52.3 Å². The third kappa shape index (κ3) is 4.24. The summed E-state index contributed by atoms with van der Waals surface area (Å²) >= 11 is 9.32. The van der Waals surface area contributed by atoms with Crippen LogP contribution in [0, 0.1) is 11.3 Å². The molecule has 0 aliphatic heterocycles. The second-order valence-corrected chi connectivity index (χ2v) is 5.81. The summed E-state index contributed by atoms with van der Waals surface area (Å²) in [6, 6.07) is 15.0. The van der Waals surface area contributed by atoms with Crippen molar-refractivity contribution in [2.24, 2.45) is 0 Å². The summed E-state index contributed by atoms with van der Waals surface area (Å²) in [5.41, 5.74) is 2.17. The van der Waals surface area contributed by atoms with Gasteiger partial charge in [0.1, 0.15) is 12.4 Å². The van der Waals surface area contributed by atoms with Gasteiger partial charge < -0.3 is 4.74 Å². The van der Waals surface area contributed by atoms with Gasteiger partial charge in [0.2, 0.25) is 0 Å². The molecule has 0 saturated heterocycles. The molecule has 0 saturated carbocycles. The molecule has 110 valence electrons. The van der Waals surface area contributed by atoms with E-state index >= 15 is 0 Å². The molecule has 0 bridgehead atoms. The Morgan fingerprint density at radius 2 is 2.00 bits per heavy atom. The van der Waals surface area contributed by atoms with E-state index in [0.717, 1.165) is 15.6 Å². The van der Waals surface area contributed by atoms with Gasteiger partial charge in [-0.2, -0.15) is 5.26 Å². The van der Waals surface area contributed by atoms with E-state index in [1.807, 2.05) is 30.3 Å². The number of nitrogens with zero attached hydrogens (tertiary/aromatic N) is 1. The van der Waals surface area contributed by atoms with Crippen LogP contribution in [-0.4, -0.2) is 6.61 Å².